The summed E-state index contributed by atoms with van der Waals surface area (Å²) in [7, 11) is -2.46. The first-order chi connectivity index (χ1) is 22.1. The van der Waals surface area contributed by atoms with Crippen molar-refractivity contribution >= 4 is 7.32 Å². The van der Waals surface area contributed by atoms with Crippen molar-refractivity contribution in [3.05, 3.63) is 89.5 Å². The highest BCUT2D eigenvalue weighted by Crippen LogP contribution is 2.40. The molecule has 0 saturated heterocycles. The van der Waals surface area contributed by atoms with Gasteiger partial charge in [-0.2, -0.15) is 39.5 Å². The van der Waals surface area contributed by atoms with E-state index in [-0.39, 0.29) is 0 Å². The minimum Gasteiger partial charge on any atom is -0.489 e. The van der Waals surface area contributed by atoms with Gasteiger partial charge < -0.3 is 18.9 Å². The number of unbranched alkanes of at least 4 members (excludes halogenated alkanes) is 3. The van der Waals surface area contributed by atoms with Gasteiger partial charge >= 0.3 is 25.9 Å². The van der Waals surface area contributed by atoms with E-state index in [1.54, 1.807) is 0 Å². The highest BCUT2D eigenvalue weighted by Gasteiger charge is 2.42. The van der Waals surface area contributed by atoms with Crippen molar-refractivity contribution in [2.75, 3.05) is 19.6 Å². The molecule has 0 amide bonds. The van der Waals surface area contributed by atoms with Crippen molar-refractivity contribution < 1.29 is 53.5 Å². The molecule has 47 heavy (non-hydrogen) atoms. The van der Waals surface area contributed by atoms with Gasteiger partial charge in [0.2, 0.25) is 0 Å². The highest BCUT2D eigenvalue weighted by molar-refractivity contribution is 6.39. The Hall–Kier alpha value is -3.55. The van der Waals surface area contributed by atoms with Gasteiger partial charge in [0, 0.05) is 0 Å². The predicted molar refractivity (Wildman–Crippen MR) is 163 cm³/mol. The first-order valence-electron chi connectivity index (χ1n) is 15.3. The minimum atomic E-state index is -4.95. The molecular formula is C33H39BF9NO3. The van der Waals surface area contributed by atoms with Crippen LogP contribution in [-0.2, 0) is 18.5 Å². The summed E-state index contributed by atoms with van der Waals surface area (Å²) in [6.07, 6.45) is -6.76. The standard InChI is InChI=1S/C21H12BF9O3.C12H27N/c23-19(24,25)13-7-1-4-10-16(13)32-22(33-17-11-5-2-8-14(17)20(26,27)28)34-18-12-6-3-9-15(18)21(29,30)31;1-4-7-10-13(11-8-5-2)12-9-6-3/h1-12H;4-12H2,1-3H3. The molecule has 0 unspecified atom stereocenters. The zero-order valence-corrected chi connectivity index (χ0v) is 26.4. The van der Waals surface area contributed by atoms with Crippen LogP contribution in [0.4, 0.5) is 39.5 Å². The van der Waals surface area contributed by atoms with E-state index in [2.05, 4.69) is 25.7 Å². The van der Waals surface area contributed by atoms with Gasteiger partial charge in [0.25, 0.3) is 0 Å². The topological polar surface area (TPSA) is 30.9 Å². The maximum absolute atomic E-state index is 13.3. The molecular weight excluding hydrogens is 640 g/mol. The largest absolute Gasteiger partial charge is 0.864 e. The van der Waals surface area contributed by atoms with Crippen LogP contribution in [0.3, 0.4) is 0 Å². The van der Waals surface area contributed by atoms with Crippen molar-refractivity contribution in [3.63, 3.8) is 0 Å². The van der Waals surface area contributed by atoms with Crippen LogP contribution in [0.2, 0.25) is 0 Å². The summed E-state index contributed by atoms with van der Waals surface area (Å²) in [4.78, 5) is 2.64. The molecule has 0 radical (unpaired) electrons. The number of hydrogen-bond acceptors (Lipinski definition) is 4. The lowest BCUT2D eigenvalue weighted by molar-refractivity contribution is -0.138. The van der Waals surface area contributed by atoms with Crippen molar-refractivity contribution in [1.29, 1.82) is 0 Å². The summed E-state index contributed by atoms with van der Waals surface area (Å²) in [5, 5.41) is 0. The fraction of sp³-hybridized carbons (Fsp3) is 0.455. The monoisotopic (exact) mass is 679 g/mol. The molecule has 0 atom stereocenters. The van der Waals surface area contributed by atoms with E-state index in [4.69, 9.17) is 14.0 Å². The molecule has 14 heteroatoms. The summed E-state index contributed by atoms with van der Waals surface area (Å²) in [6, 6.07) is 10.7. The first-order valence-corrected chi connectivity index (χ1v) is 15.3. The lowest BCUT2D eigenvalue weighted by atomic mass is 10.1. The number of benzene rings is 3. The molecule has 0 saturated carbocycles. The molecule has 260 valence electrons. The van der Waals surface area contributed by atoms with Crippen molar-refractivity contribution in [2.45, 2.75) is 77.8 Å². The molecule has 0 aromatic heterocycles. The summed E-state index contributed by atoms with van der Waals surface area (Å²) in [6.45, 7) is 10.8. The third-order valence-electron chi connectivity index (χ3n) is 6.73. The van der Waals surface area contributed by atoms with Crippen LogP contribution >= 0.6 is 0 Å². The van der Waals surface area contributed by atoms with Gasteiger partial charge in [-0.15, -0.1) is 0 Å². The molecule has 4 nitrogen and oxygen atoms in total. The van der Waals surface area contributed by atoms with Crippen LogP contribution < -0.4 is 14.0 Å². The molecule has 0 N–H and O–H groups in total. The summed E-state index contributed by atoms with van der Waals surface area (Å²) < 4.78 is 135. The van der Waals surface area contributed by atoms with Gasteiger partial charge in [0.05, 0.1) is 16.7 Å². The van der Waals surface area contributed by atoms with E-state index in [1.165, 1.54) is 58.2 Å². The quantitative estimate of drug-likeness (QED) is 0.118. The normalized spacial score (nSPS) is 11.9. The average molecular weight is 679 g/mol. The Morgan fingerprint density at radius 3 is 0.957 bits per heavy atom. The zero-order valence-electron chi connectivity index (χ0n) is 26.4. The summed E-state index contributed by atoms with van der Waals surface area (Å²) in [5.74, 6) is -2.81. The second kappa shape index (κ2) is 18.7. The Balaban J connectivity index is 0.000000500. The Kier molecular flexibility index (Phi) is 15.8. The van der Waals surface area contributed by atoms with Crippen LogP contribution in [0, 0.1) is 0 Å². The Bertz CT molecular complexity index is 1170. The Morgan fingerprint density at radius 2 is 0.723 bits per heavy atom. The minimum absolute atomic E-state index is 0.611. The van der Waals surface area contributed by atoms with Crippen LogP contribution in [0.15, 0.2) is 72.8 Å². The lowest BCUT2D eigenvalue weighted by Crippen LogP contribution is -2.38. The maximum Gasteiger partial charge on any atom is 0.864 e. The molecule has 0 spiro atoms. The van der Waals surface area contributed by atoms with E-state index in [1.807, 2.05) is 0 Å². The van der Waals surface area contributed by atoms with Gasteiger partial charge in [0.1, 0.15) is 17.2 Å². The lowest BCUT2D eigenvalue weighted by Gasteiger charge is -2.22. The maximum atomic E-state index is 13.3. The van der Waals surface area contributed by atoms with Crippen molar-refractivity contribution in [1.82, 2.24) is 4.90 Å². The number of rotatable bonds is 15. The van der Waals surface area contributed by atoms with E-state index in [0.29, 0.717) is 18.2 Å². The van der Waals surface area contributed by atoms with Crippen molar-refractivity contribution in [3.8, 4) is 17.2 Å². The Labute approximate surface area is 270 Å². The fourth-order valence-electron chi connectivity index (χ4n) is 4.27. The zero-order chi connectivity index (χ0) is 35.1. The summed E-state index contributed by atoms with van der Waals surface area (Å²) >= 11 is 0. The molecule has 0 fully saturated rings. The average Bonchev–Trinajstić information content (AvgIpc) is 3.00. The molecule has 3 rings (SSSR count). The van der Waals surface area contributed by atoms with E-state index in [9.17, 15) is 39.5 Å². The van der Waals surface area contributed by atoms with Gasteiger partial charge in [-0.1, -0.05) is 76.4 Å². The van der Waals surface area contributed by atoms with Crippen molar-refractivity contribution in [2.24, 2.45) is 0 Å². The van der Waals surface area contributed by atoms with E-state index in [0.717, 1.165) is 54.6 Å². The van der Waals surface area contributed by atoms with Gasteiger partial charge in [-0.25, -0.2) is 0 Å². The molecule has 3 aromatic rings. The predicted octanol–water partition coefficient (Wildman–Crippen LogP) is 11.0. The second-order valence-corrected chi connectivity index (χ2v) is 10.5. The van der Waals surface area contributed by atoms with Gasteiger partial charge in [0.15, 0.2) is 0 Å². The van der Waals surface area contributed by atoms with Gasteiger partial charge in [-0.3, -0.25) is 0 Å². The highest BCUT2D eigenvalue weighted by atomic mass is 19.4. The summed E-state index contributed by atoms with van der Waals surface area (Å²) in [5.41, 5.74) is -4.04. The molecule has 3 aromatic carbocycles. The molecule has 0 aliphatic heterocycles. The first kappa shape index (κ1) is 39.6. The molecule has 0 aliphatic carbocycles. The van der Waals surface area contributed by atoms with Crippen LogP contribution in [0.25, 0.3) is 0 Å². The Morgan fingerprint density at radius 1 is 0.468 bits per heavy atom. The van der Waals surface area contributed by atoms with Gasteiger partial charge in [-0.05, 0) is 75.3 Å². The number of para-hydroxylation sites is 3. The molecule has 0 heterocycles. The third kappa shape index (κ3) is 13.6. The fourth-order valence-corrected chi connectivity index (χ4v) is 4.27. The van der Waals surface area contributed by atoms with Crippen LogP contribution in [-0.4, -0.2) is 31.9 Å². The van der Waals surface area contributed by atoms with E-state index < -0.39 is 59.8 Å². The smallest absolute Gasteiger partial charge is 0.489 e. The third-order valence-corrected chi connectivity index (χ3v) is 6.73. The SMILES string of the molecule is CCCCN(CCCC)CCCC.FC(F)(F)c1ccccc1OB(Oc1ccccc1C(F)(F)F)Oc1ccccc1C(F)(F)F. The second-order valence-electron chi connectivity index (χ2n) is 10.5. The molecule has 0 aliphatic rings. The molecule has 0 bridgehead atoms. The number of hydrogen-bond donors (Lipinski definition) is 0. The van der Waals surface area contributed by atoms with Crippen LogP contribution in [0.5, 0.6) is 17.2 Å². The van der Waals surface area contributed by atoms with E-state index >= 15 is 0 Å². The van der Waals surface area contributed by atoms with Crippen LogP contribution in [0.1, 0.15) is 76.0 Å². The number of halogens is 9. The number of alkyl halides is 9. The number of nitrogens with zero attached hydrogens (tertiary/aromatic N) is 1.